The van der Waals surface area contributed by atoms with Gasteiger partial charge in [-0.05, 0) is 35.0 Å². The van der Waals surface area contributed by atoms with Gasteiger partial charge >= 0.3 is 0 Å². The molecular weight excluding hydrogens is 436 g/mol. The van der Waals surface area contributed by atoms with Crippen LogP contribution in [0.1, 0.15) is 17.5 Å². The fourth-order valence-electron chi connectivity index (χ4n) is 5.14. The molecule has 1 heterocycles. The molecule has 0 N–H and O–H groups in total. The van der Waals surface area contributed by atoms with Gasteiger partial charge in [-0.3, -0.25) is 0 Å². The Hall–Kier alpha value is -4.18. The number of ether oxygens (including phenoxy) is 4. The maximum Gasteiger partial charge on any atom is 0.171 e. The highest BCUT2D eigenvalue weighted by Crippen LogP contribution is 2.50. The Morgan fingerprint density at radius 1 is 0.571 bits per heavy atom. The second kappa shape index (κ2) is 8.55. The van der Waals surface area contributed by atoms with Crippen molar-refractivity contribution in [1.29, 1.82) is 0 Å². The van der Waals surface area contributed by atoms with E-state index in [4.69, 9.17) is 18.9 Å². The summed E-state index contributed by atoms with van der Waals surface area (Å²) in [7, 11) is 3.36. The van der Waals surface area contributed by atoms with E-state index in [0.717, 1.165) is 55.7 Å². The van der Waals surface area contributed by atoms with Crippen LogP contribution in [-0.2, 0) is 5.60 Å². The van der Waals surface area contributed by atoms with Crippen LogP contribution in [0.4, 0.5) is 0 Å². The molecule has 35 heavy (non-hydrogen) atoms. The fourth-order valence-corrected chi connectivity index (χ4v) is 5.14. The van der Waals surface area contributed by atoms with Gasteiger partial charge in [0.15, 0.2) is 17.1 Å². The second-order valence-corrected chi connectivity index (χ2v) is 8.73. The lowest BCUT2D eigenvalue weighted by atomic mass is 9.83. The van der Waals surface area contributed by atoms with E-state index < -0.39 is 5.60 Å². The maximum atomic E-state index is 7.18. The minimum Gasteiger partial charge on any atom is -0.497 e. The molecule has 0 aromatic heterocycles. The van der Waals surface area contributed by atoms with Crippen LogP contribution in [0, 0.1) is 0 Å². The molecule has 6 rings (SSSR count). The largest absolute Gasteiger partial charge is 0.497 e. The van der Waals surface area contributed by atoms with E-state index in [1.807, 2.05) is 36.4 Å². The minimum absolute atomic E-state index is 0.507. The van der Waals surface area contributed by atoms with Crippen LogP contribution in [0.15, 0.2) is 97.1 Å². The second-order valence-electron chi connectivity index (χ2n) is 8.73. The quantitative estimate of drug-likeness (QED) is 0.267. The van der Waals surface area contributed by atoms with Crippen LogP contribution in [-0.4, -0.2) is 20.8 Å². The van der Waals surface area contributed by atoms with Crippen molar-refractivity contribution in [2.75, 3.05) is 20.8 Å². The van der Waals surface area contributed by atoms with Crippen LogP contribution in [0.5, 0.6) is 23.0 Å². The van der Waals surface area contributed by atoms with E-state index in [-0.39, 0.29) is 0 Å². The van der Waals surface area contributed by atoms with Gasteiger partial charge in [0.05, 0.1) is 20.8 Å². The van der Waals surface area contributed by atoms with Crippen molar-refractivity contribution < 1.29 is 18.9 Å². The number of methoxy groups -OCH3 is 2. The molecule has 4 heteroatoms. The monoisotopic (exact) mass is 462 g/mol. The van der Waals surface area contributed by atoms with Crippen LogP contribution >= 0.6 is 0 Å². The lowest BCUT2D eigenvalue weighted by molar-refractivity contribution is 0.103. The van der Waals surface area contributed by atoms with Gasteiger partial charge in [-0.2, -0.15) is 0 Å². The lowest BCUT2D eigenvalue weighted by Crippen LogP contribution is -2.35. The Balaban J connectivity index is 1.63. The molecule has 5 aromatic carbocycles. The number of fused-ring (bicyclic) bond motifs is 6. The highest BCUT2D eigenvalue weighted by Gasteiger charge is 2.40. The zero-order chi connectivity index (χ0) is 23.8. The SMILES string of the molecule is COc1ccc(C2(c3ccc(OC)cc3)CCOc3c(c4ccccc4c4ccccc34)O2)cc1. The molecule has 0 spiro atoms. The van der Waals surface area contributed by atoms with Gasteiger partial charge in [0.2, 0.25) is 0 Å². The third-order valence-corrected chi connectivity index (χ3v) is 6.93. The van der Waals surface area contributed by atoms with E-state index in [0.29, 0.717) is 13.0 Å². The summed E-state index contributed by atoms with van der Waals surface area (Å²) >= 11 is 0. The molecular formula is C31H26O4. The summed E-state index contributed by atoms with van der Waals surface area (Å²) in [6.45, 7) is 0.507. The van der Waals surface area contributed by atoms with Crippen LogP contribution in [0.3, 0.4) is 0 Å². The van der Waals surface area contributed by atoms with E-state index in [2.05, 4.69) is 60.7 Å². The summed E-state index contributed by atoms with van der Waals surface area (Å²) < 4.78 is 24.5. The van der Waals surface area contributed by atoms with Crippen LogP contribution < -0.4 is 18.9 Å². The molecule has 0 aliphatic carbocycles. The Morgan fingerprint density at radius 2 is 1.03 bits per heavy atom. The van der Waals surface area contributed by atoms with Gasteiger partial charge < -0.3 is 18.9 Å². The summed E-state index contributed by atoms with van der Waals surface area (Å²) in [5.41, 5.74) is 1.32. The molecule has 0 amide bonds. The smallest absolute Gasteiger partial charge is 0.171 e. The zero-order valence-corrected chi connectivity index (χ0v) is 19.8. The van der Waals surface area contributed by atoms with Crippen molar-refractivity contribution in [3.63, 3.8) is 0 Å². The van der Waals surface area contributed by atoms with Gasteiger partial charge in [-0.15, -0.1) is 0 Å². The summed E-state index contributed by atoms with van der Waals surface area (Å²) in [5.74, 6) is 3.17. The highest BCUT2D eigenvalue weighted by molar-refractivity contribution is 6.13. The first-order valence-electron chi connectivity index (χ1n) is 11.8. The molecule has 0 atom stereocenters. The predicted octanol–water partition coefficient (Wildman–Crippen LogP) is 7.12. The molecule has 0 radical (unpaired) electrons. The third kappa shape index (κ3) is 3.45. The van der Waals surface area contributed by atoms with Crippen molar-refractivity contribution in [1.82, 2.24) is 0 Å². The molecule has 4 nitrogen and oxygen atoms in total. The van der Waals surface area contributed by atoms with E-state index in [9.17, 15) is 0 Å². The predicted molar refractivity (Wildman–Crippen MR) is 139 cm³/mol. The molecule has 0 saturated heterocycles. The molecule has 0 unspecified atom stereocenters. The molecule has 0 bridgehead atoms. The van der Waals surface area contributed by atoms with Crippen molar-refractivity contribution >= 4 is 21.5 Å². The van der Waals surface area contributed by atoms with Gasteiger partial charge in [0, 0.05) is 28.3 Å². The Bertz CT molecular complexity index is 1460. The zero-order valence-electron chi connectivity index (χ0n) is 19.8. The van der Waals surface area contributed by atoms with E-state index in [1.54, 1.807) is 14.2 Å². The average molecular weight is 463 g/mol. The molecule has 5 aromatic rings. The maximum absolute atomic E-state index is 7.18. The van der Waals surface area contributed by atoms with Crippen molar-refractivity contribution in [2.45, 2.75) is 12.0 Å². The first-order valence-corrected chi connectivity index (χ1v) is 11.8. The Labute approximate surface area is 204 Å². The number of hydrogen-bond acceptors (Lipinski definition) is 4. The average Bonchev–Trinajstić information content (AvgIpc) is 3.15. The van der Waals surface area contributed by atoms with E-state index in [1.165, 1.54) is 0 Å². The fraction of sp³-hybridized carbons (Fsp3) is 0.161. The first kappa shape index (κ1) is 21.4. The Kier molecular flexibility index (Phi) is 5.22. The van der Waals surface area contributed by atoms with Crippen LogP contribution in [0.2, 0.25) is 0 Å². The van der Waals surface area contributed by atoms with Gasteiger partial charge in [0.25, 0.3) is 0 Å². The molecule has 0 saturated carbocycles. The molecule has 0 fully saturated rings. The summed E-state index contributed by atoms with van der Waals surface area (Å²) in [4.78, 5) is 0. The summed E-state index contributed by atoms with van der Waals surface area (Å²) in [6.07, 6.45) is 0.642. The molecule has 174 valence electrons. The topological polar surface area (TPSA) is 36.9 Å². The highest BCUT2D eigenvalue weighted by atomic mass is 16.5. The Morgan fingerprint density at radius 3 is 1.51 bits per heavy atom. The first-order chi connectivity index (χ1) is 17.2. The normalized spacial score (nSPS) is 14.5. The standard InChI is InChI=1S/C31H26O4/c1-32-23-15-11-21(12-16-23)31(22-13-17-24(33-2)18-14-22)19-20-34-29-27-9-5-3-7-25(27)26-8-4-6-10-28(26)30(29)35-31/h3-18H,19-20H2,1-2H3. The van der Waals surface area contributed by atoms with Gasteiger partial charge in [-0.25, -0.2) is 0 Å². The summed E-state index contributed by atoms with van der Waals surface area (Å²) in [5, 5.41) is 4.40. The summed E-state index contributed by atoms with van der Waals surface area (Å²) in [6, 6.07) is 33.0. The number of benzene rings is 5. The lowest BCUT2D eigenvalue weighted by Gasteiger charge is -2.34. The van der Waals surface area contributed by atoms with Gasteiger partial charge in [-0.1, -0.05) is 72.8 Å². The van der Waals surface area contributed by atoms with E-state index >= 15 is 0 Å². The number of rotatable bonds is 4. The molecule has 1 aliphatic rings. The molecule has 1 aliphatic heterocycles. The third-order valence-electron chi connectivity index (χ3n) is 6.93. The van der Waals surface area contributed by atoms with Gasteiger partial charge in [0.1, 0.15) is 11.5 Å². The van der Waals surface area contributed by atoms with Crippen molar-refractivity contribution in [3.8, 4) is 23.0 Å². The minimum atomic E-state index is -0.755. The number of hydrogen-bond donors (Lipinski definition) is 0. The van der Waals surface area contributed by atoms with Crippen molar-refractivity contribution in [3.05, 3.63) is 108 Å². The van der Waals surface area contributed by atoms with Crippen LogP contribution in [0.25, 0.3) is 21.5 Å². The van der Waals surface area contributed by atoms with Crippen molar-refractivity contribution in [2.24, 2.45) is 0 Å².